The zero-order valence-electron chi connectivity index (χ0n) is 14.0. The lowest BCUT2D eigenvalue weighted by Crippen LogP contribution is -2.17. The van der Waals surface area contributed by atoms with Gasteiger partial charge in [0.25, 0.3) is 0 Å². The lowest BCUT2D eigenvalue weighted by molar-refractivity contribution is 0.00816. The first-order chi connectivity index (χ1) is 12.2. The molecular weight excluding hydrogens is 340 g/mol. The van der Waals surface area contributed by atoms with E-state index in [0.29, 0.717) is 17.4 Å². The molecule has 0 N–H and O–H groups in total. The van der Waals surface area contributed by atoms with Crippen LogP contribution in [-0.2, 0) is 11.3 Å². The number of nitrogens with zero attached hydrogens (tertiary/aromatic N) is 6. The summed E-state index contributed by atoms with van der Waals surface area (Å²) in [6.07, 6.45) is 6.27. The Morgan fingerprint density at radius 3 is 3.00 bits per heavy atom. The molecule has 1 aliphatic heterocycles. The third-order valence-electron chi connectivity index (χ3n) is 4.38. The first kappa shape index (κ1) is 16.2. The lowest BCUT2D eigenvalue weighted by Gasteiger charge is -2.22. The van der Waals surface area contributed by atoms with E-state index in [0.717, 1.165) is 42.9 Å². The highest BCUT2D eigenvalue weighted by atomic mass is 35.5. The highest BCUT2D eigenvalue weighted by Crippen LogP contribution is 2.30. The molecule has 1 aliphatic rings. The van der Waals surface area contributed by atoms with Gasteiger partial charge in [-0.2, -0.15) is 5.10 Å². The third-order valence-corrected chi connectivity index (χ3v) is 4.79. The van der Waals surface area contributed by atoms with Crippen molar-refractivity contribution in [3.8, 4) is 5.69 Å². The molecule has 3 aromatic rings. The van der Waals surface area contributed by atoms with Gasteiger partial charge in [0.15, 0.2) is 11.6 Å². The number of ether oxygens (including phenoxy) is 1. The molecule has 3 heterocycles. The molecule has 0 radical (unpaired) electrons. The van der Waals surface area contributed by atoms with E-state index < -0.39 is 0 Å². The van der Waals surface area contributed by atoms with Crippen molar-refractivity contribution in [3.05, 3.63) is 53.1 Å². The van der Waals surface area contributed by atoms with Crippen LogP contribution >= 0.6 is 11.6 Å². The van der Waals surface area contributed by atoms with E-state index >= 15 is 0 Å². The first-order valence-corrected chi connectivity index (χ1v) is 8.75. The van der Waals surface area contributed by atoms with Crippen LogP contribution in [0.4, 0.5) is 0 Å². The summed E-state index contributed by atoms with van der Waals surface area (Å²) in [5.41, 5.74) is 1.90. The van der Waals surface area contributed by atoms with Gasteiger partial charge in [-0.25, -0.2) is 19.3 Å². The average Bonchev–Trinajstić information content (AvgIpc) is 3.28. The van der Waals surface area contributed by atoms with Gasteiger partial charge in [0.1, 0.15) is 25.3 Å². The Bertz CT molecular complexity index is 854. The summed E-state index contributed by atoms with van der Waals surface area (Å²) in [6, 6.07) is 5.81. The summed E-state index contributed by atoms with van der Waals surface area (Å²) < 4.78 is 9.52. The zero-order chi connectivity index (χ0) is 17.2. The minimum atomic E-state index is -0.0517. The molecule has 0 amide bonds. The summed E-state index contributed by atoms with van der Waals surface area (Å²) in [7, 11) is 0. The van der Waals surface area contributed by atoms with Crippen LogP contribution in [0.3, 0.4) is 0 Å². The minimum Gasteiger partial charge on any atom is -0.370 e. The van der Waals surface area contributed by atoms with Crippen molar-refractivity contribution >= 4 is 11.6 Å². The summed E-state index contributed by atoms with van der Waals surface area (Å²) in [5.74, 6) is 1.49. The SMILES string of the molecule is Cc1c(Cl)cccc1-n1nc(Cn2cncn2)nc1C1CCCCO1. The van der Waals surface area contributed by atoms with Crippen LogP contribution in [0.1, 0.15) is 42.6 Å². The van der Waals surface area contributed by atoms with E-state index in [-0.39, 0.29) is 6.10 Å². The predicted molar refractivity (Wildman–Crippen MR) is 92.8 cm³/mol. The second kappa shape index (κ2) is 6.93. The van der Waals surface area contributed by atoms with Crippen molar-refractivity contribution in [1.82, 2.24) is 29.5 Å². The van der Waals surface area contributed by atoms with Crippen LogP contribution in [-0.4, -0.2) is 36.1 Å². The van der Waals surface area contributed by atoms with Crippen molar-refractivity contribution in [2.75, 3.05) is 6.61 Å². The molecule has 7 nitrogen and oxygen atoms in total. The quantitative estimate of drug-likeness (QED) is 0.716. The number of rotatable bonds is 4. The Kier molecular flexibility index (Phi) is 4.50. The summed E-state index contributed by atoms with van der Waals surface area (Å²) in [6.45, 7) is 3.21. The van der Waals surface area contributed by atoms with Gasteiger partial charge in [0.05, 0.1) is 5.69 Å². The molecule has 1 unspecified atom stereocenters. The maximum Gasteiger partial charge on any atom is 0.172 e. The highest BCUT2D eigenvalue weighted by Gasteiger charge is 2.25. The Morgan fingerprint density at radius 1 is 1.32 bits per heavy atom. The number of benzene rings is 1. The zero-order valence-corrected chi connectivity index (χ0v) is 14.7. The molecule has 0 bridgehead atoms. The molecule has 25 heavy (non-hydrogen) atoms. The van der Waals surface area contributed by atoms with E-state index in [1.165, 1.54) is 6.33 Å². The number of aromatic nitrogens is 6. The molecule has 1 aromatic carbocycles. The van der Waals surface area contributed by atoms with Gasteiger partial charge in [-0.15, -0.1) is 5.10 Å². The molecule has 8 heteroatoms. The highest BCUT2D eigenvalue weighted by molar-refractivity contribution is 6.31. The van der Waals surface area contributed by atoms with Crippen molar-refractivity contribution in [3.63, 3.8) is 0 Å². The monoisotopic (exact) mass is 358 g/mol. The molecule has 1 atom stereocenters. The van der Waals surface area contributed by atoms with E-state index in [1.807, 2.05) is 29.8 Å². The Morgan fingerprint density at radius 2 is 2.24 bits per heavy atom. The van der Waals surface area contributed by atoms with Gasteiger partial charge < -0.3 is 4.74 Å². The molecule has 2 aromatic heterocycles. The topological polar surface area (TPSA) is 70.7 Å². The predicted octanol–water partition coefficient (Wildman–Crippen LogP) is 3.11. The fourth-order valence-corrected chi connectivity index (χ4v) is 3.22. The Labute approximate surface area is 150 Å². The normalized spacial score (nSPS) is 17.8. The van der Waals surface area contributed by atoms with Crippen molar-refractivity contribution in [1.29, 1.82) is 0 Å². The maximum absolute atomic E-state index is 6.31. The first-order valence-electron chi connectivity index (χ1n) is 8.37. The second-order valence-corrected chi connectivity index (χ2v) is 6.54. The van der Waals surface area contributed by atoms with Crippen LogP contribution in [0.15, 0.2) is 30.9 Å². The summed E-state index contributed by atoms with van der Waals surface area (Å²) in [5, 5.41) is 9.55. The molecule has 1 saturated heterocycles. The largest absolute Gasteiger partial charge is 0.370 e. The molecule has 1 fully saturated rings. The van der Waals surface area contributed by atoms with Crippen LogP contribution in [0.2, 0.25) is 5.02 Å². The van der Waals surface area contributed by atoms with Crippen LogP contribution in [0, 0.1) is 6.92 Å². The lowest BCUT2D eigenvalue weighted by atomic mass is 10.1. The van der Waals surface area contributed by atoms with Crippen LogP contribution in [0.25, 0.3) is 5.69 Å². The van der Waals surface area contributed by atoms with Crippen molar-refractivity contribution in [2.45, 2.75) is 38.8 Å². The molecule has 130 valence electrons. The molecule has 0 spiro atoms. The van der Waals surface area contributed by atoms with Gasteiger partial charge in [0, 0.05) is 11.6 Å². The Balaban J connectivity index is 1.77. The van der Waals surface area contributed by atoms with Gasteiger partial charge in [-0.1, -0.05) is 17.7 Å². The summed E-state index contributed by atoms with van der Waals surface area (Å²) >= 11 is 6.31. The summed E-state index contributed by atoms with van der Waals surface area (Å²) in [4.78, 5) is 8.72. The Hall–Kier alpha value is -2.25. The number of hydrogen-bond acceptors (Lipinski definition) is 5. The smallest absolute Gasteiger partial charge is 0.172 e. The van der Waals surface area contributed by atoms with Crippen molar-refractivity contribution < 1.29 is 4.74 Å². The fourth-order valence-electron chi connectivity index (χ4n) is 3.05. The van der Waals surface area contributed by atoms with Gasteiger partial charge in [0.2, 0.25) is 0 Å². The van der Waals surface area contributed by atoms with Crippen LogP contribution in [0.5, 0.6) is 0 Å². The fraction of sp³-hybridized carbons (Fsp3) is 0.412. The van der Waals surface area contributed by atoms with E-state index in [2.05, 4.69) is 10.1 Å². The number of hydrogen-bond donors (Lipinski definition) is 0. The van der Waals surface area contributed by atoms with Gasteiger partial charge in [-0.3, -0.25) is 0 Å². The van der Waals surface area contributed by atoms with Gasteiger partial charge in [-0.05, 0) is 43.9 Å². The molecular formula is C17H19ClN6O. The minimum absolute atomic E-state index is 0.0517. The molecule has 0 saturated carbocycles. The standard InChI is InChI=1S/C17H19ClN6O/c1-12-13(18)5-4-6-14(12)24-17(15-7-2-3-8-25-15)21-16(22-24)9-23-11-19-10-20-23/h4-6,10-11,15H,2-3,7-9H2,1H3. The number of halogens is 1. The van der Waals surface area contributed by atoms with E-state index in [1.54, 1.807) is 11.0 Å². The van der Waals surface area contributed by atoms with Crippen LogP contribution < -0.4 is 0 Å². The van der Waals surface area contributed by atoms with Crippen molar-refractivity contribution in [2.24, 2.45) is 0 Å². The molecule has 4 rings (SSSR count). The van der Waals surface area contributed by atoms with E-state index in [4.69, 9.17) is 26.4 Å². The second-order valence-electron chi connectivity index (χ2n) is 6.13. The maximum atomic E-state index is 6.31. The molecule has 0 aliphatic carbocycles. The average molecular weight is 359 g/mol. The van der Waals surface area contributed by atoms with E-state index in [9.17, 15) is 0 Å². The third kappa shape index (κ3) is 3.29. The van der Waals surface area contributed by atoms with Gasteiger partial charge >= 0.3 is 0 Å².